The van der Waals surface area contributed by atoms with Gasteiger partial charge in [0.2, 0.25) is 0 Å². The predicted octanol–water partition coefficient (Wildman–Crippen LogP) is 4.26. The van der Waals surface area contributed by atoms with E-state index in [4.69, 9.17) is 9.47 Å². The Balaban J connectivity index is 0.00000392. The van der Waals surface area contributed by atoms with Gasteiger partial charge in [-0.3, -0.25) is 4.79 Å². The Kier molecular flexibility index (Phi) is 9.29. The van der Waals surface area contributed by atoms with E-state index in [1.807, 2.05) is 57.2 Å². The molecule has 0 aliphatic carbocycles. The highest BCUT2D eigenvalue weighted by Crippen LogP contribution is 2.31. The lowest BCUT2D eigenvalue weighted by atomic mass is 10.1. The summed E-state index contributed by atoms with van der Waals surface area (Å²) in [6, 6.07) is 16.2. The Bertz CT molecular complexity index is 745. The highest BCUT2D eigenvalue weighted by Gasteiger charge is 2.17. The number of carbonyl (C=O) groups is 1. The number of para-hydroxylation sites is 1. The molecular weight excluding hydrogens is 376 g/mol. The van der Waals surface area contributed by atoms with E-state index in [-0.39, 0.29) is 36.5 Å². The first-order valence-electron chi connectivity index (χ1n) is 9.18. The quantitative estimate of drug-likeness (QED) is 0.687. The molecule has 28 heavy (non-hydrogen) atoms. The second kappa shape index (κ2) is 10.9. The molecule has 5 nitrogen and oxygen atoms in total. The highest BCUT2D eigenvalue weighted by atomic mass is 35.5. The van der Waals surface area contributed by atoms with Gasteiger partial charge in [0, 0.05) is 23.7 Å². The molecule has 6 heteroatoms. The molecular formula is C22H31ClN2O3. The van der Waals surface area contributed by atoms with Gasteiger partial charge in [-0.15, -0.1) is 12.4 Å². The SMILES string of the molecule is COc1cccc(CNC(C)c2ccccc2)c1OCC(=O)NC(C)(C)C.Cl. The van der Waals surface area contributed by atoms with Crippen LogP contribution in [0.4, 0.5) is 0 Å². The second-order valence-corrected chi connectivity index (χ2v) is 7.55. The molecule has 0 aliphatic rings. The van der Waals surface area contributed by atoms with Crippen molar-refractivity contribution in [1.29, 1.82) is 0 Å². The summed E-state index contributed by atoms with van der Waals surface area (Å²) in [5.41, 5.74) is 1.87. The Morgan fingerprint density at radius 3 is 2.36 bits per heavy atom. The Morgan fingerprint density at radius 1 is 1.07 bits per heavy atom. The van der Waals surface area contributed by atoms with Crippen LogP contribution < -0.4 is 20.1 Å². The average Bonchev–Trinajstić information content (AvgIpc) is 2.63. The molecule has 0 saturated heterocycles. The standard InChI is InChI=1S/C22H30N2O3.ClH/c1-16(17-10-7-6-8-11-17)23-14-18-12-9-13-19(26-5)21(18)27-15-20(25)24-22(2,3)4;/h6-13,16,23H,14-15H2,1-5H3,(H,24,25);1H. The summed E-state index contributed by atoms with van der Waals surface area (Å²) < 4.78 is 11.3. The van der Waals surface area contributed by atoms with Crippen LogP contribution in [0, 0.1) is 0 Å². The fraction of sp³-hybridized carbons (Fsp3) is 0.409. The van der Waals surface area contributed by atoms with Crippen molar-refractivity contribution >= 4 is 18.3 Å². The van der Waals surface area contributed by atoms with Crippen LogP contribution in [0.25, 0.3) is 0 Å². The molecule has 0 aromatic heterocycles. The number of nitrogens with one attached hydrogen (secondary N) is 2. The lowest BCUT2D eigenvalue weighted by Gasteiger charge is -2.22. The molecule has 0 heterocycles. The molecule has 0 aliphatic heterocycles. The summed E-state index contributed by atoms with van der Waals surface area (Å²) in [6.45, 7) is 8.48. The van der Waals surface area contributed by atoms with Gasteiger partial charge in [0.15, 0.2) is 18.1 Å². The molecule has 2 N–H and O–H groups in total. The first-order valence-corrected chi connectivity index (χ1v) is 9.18. The van der Waals surface area contributed by atoms with Gasteiger partial charge in [-0.25, -0.2) is 0 Å². The number of hydrogen-bond donors (Lipinski definition) is 2. The zero-order valence-electron chi connectivity index (χ0n) is 17.2. The Hall–Kier alpha value is -2.24. The number of amides is 1. The summed E-state index contributed by atoms with van der Waals surface area (Å²) in [6.07, 6.45) is 0. The molecule has 0 bridgehead atoms. The van der Waals surface area contributed by atoms with Gasteiger partial charge < -0.3 is 20.1 Å². The van der Waals surface area contributed by atoms with Crippen LogP contribution in [0.2, 0.25) is 0 Å². The van der Waals surface area contributed by atoms with Gasteiger partial charge in [-0.1, -0.05) is 42.5 Å². The van der Waals surface area contributed by atoms with Crippen molar-refractivity contribution in [3.63, 3.8) is 0 Å². The predicted molar refractivity (Wildman–Crippen MR) is 115 cm³/mol. The van der Waals surface area contributed by atoms with Crippen molar-refractivity contribution in [2.75, 3.05) is 13.7 Å². The van der Waals surface area contributed by atoms with Crippen LogP contribution in [-0.4, -0.2) is 25.2 Å². The number of carbonyl (C=O) groups excluding carboxylic acids is 1. The number of benzene rings is 2. The van der Waals surface area contributed by atoms with Crippen molar-refractivity contribution in [3.05, 3.63) is 59.7 Å². The number of hydrogen-bond acceptors (Lipinski definition) is 4. The molecule has 0 fully saturated rings. The van der Waals surface area contributed by atoms with Gasteiger partial charge in [0.05, 0.1) is 7.11 Å². The first-order chi connectivity index (χ1) is 12.8. The normalized spacial score (nSPS) is 11.9. The van der Waals surface area contributed by atoms with Crippen LogP contribution in [-0.2, 0) is 11.3 Å². The summed E-state index contributed by atoms with van der Waals surface area (Å²) in [7, 11) is 1.60. The lowest BCUT2D eigenvalue weighted by Crippen LogP contribution is -2.43. The third-order valence-corrected chi connectivity index (χ3v) is 4.04. The smallest absolute Gasteiger partial charge is 0.258 e. The molecule has 2 rings (SSSR count). The van der Waals surface area contributed by atoms with E-state index in [0.29, 0.717) is 18.0 Å². The van der Waals surface area contributed by atoms with Crippen LogP contribution in [0.15, 0.2) is 48.5 Å². The monoisotopic (exact) mass is 406 g/mol. The summed E-state index contributed by atoms with van der Waals surface area (Å²) in [4.78, 5) is 12.1. The van der Waals surface area contributed by atoms with E-state index in [9.17, 15) is 4.79 Å². The summed E-state index contributed by atoms with van der Waals surface area (Å²) in [5, 5.41) is 6.39. The van der Waals surface area contributed by atoms with Gasteiger partial charge in [0.25, 0.3) is 5.91 Å². The van der Waals surface area contributed by atoms with E-state index >= 15 is 0 Å². The Morgan fingerprint density at radius 2 is 1.75 bits per heavy atom. The van der Waals surface area contributed by atoms with Gasteiger partial charge >= 0.3 is 0 Å². The fourth-order valence-electron chi connectivity index (χ4n) is 2.74. The molecule has 0 spiro atoms. The van der Waals surface area contributed by atoms with Crippen LogP contribution in [0.5, 0.6) is 11.5 Å². The van der Waals surface area contributed by atoms with Crippen LogP contribution >= 0.6 is 12.4 Å². The molecule has 0 radical (unpaired) electrons. The largest absolute Gasteiger partial charge is 0.493 e. The van der Waals surface area contributed by atoms with Gasteiger partial charge in [-0.05, 0) is 39.3 Å². The first kappa shape index (κ1) is 23.8. The molecule has 0 saturated carbocycles. The third kappa shape index (κ3) is 7.41. The summed E-state index contributed by atoms with van der Waals surface area (Å²) in [5.74, 6) is 1.05. The summed E-state index contributed by atoms with van der Waals surface area (Å²) >= 11 is 0. The zero-order valence-corrected chi connectivity index (χ0v) is 18.1. The van der Waals surface area contributed by atoms with Crippen LogP contribution in [0.3, 0.4) is 0 Å². The molecule has 1 unspecified atom stereocenters. The minimum atomic E-state index is -0.295. The van der Waals surface area contributed by atoms with E-state index < -0.39 is 0 Å². The maximum absolute atomic E-state index is 12.1. The fourth-order valence-corrected chi connectivity index (χ4v) is 2.74. The minimum absolute atomic E-state index is 0. The minimum Gasteiger partial charge on any atom is -0.493 e. The number of halogens is 1. The van der Waals surface area contributed by atoms with Crippen molar-refractivity contribution in [3.8, 4) is 11.5 Å². The van der Waals surface area contributed by atoms with Crippen LogP contribution in [0.1, 0.15) is 44.9 Å². The van der Waals surface area contributed by atoms with E-state index in [2.05, 4.69) is 29.7 Å². The van der Waals surface area contributed by atoms with E-state index in [1.165, 1.54) is 5.56 Å². The van der Waals surface area contributed by atoms with E-state index in [1.54, 1.807) is 7.11 Å². The molecule has 2 aromatic carbocycles. The van der Waals surface area contributed by atoms with Gasteiger partial charge in [0.1, 0.15) is 0 Å². The molecule has 154 valence electrons. The maximum atomic E-state index is 12.1. The van der Waals surface area contributed by atoms with Crippen molar-refractivity contribution in [2.45, 2.75) is 45.8 Å². The second-order valence-electron chi connectivity index (χ2n) is 7.55. The molecule has 1 amide bonds. The number of rotatable bonds is 8. The zero-order chi connectivity index (χ0) is 19.9. The van der Waals surface area contributed by atoms with Crippen molar-refractivity contribution in [2.24, 2.45) is 0 Å². The molecule has 1 atom stereocenters. The molecule has 2 aromatic rings. The number of methoxy groups -OCH3 is 1. The topological polar surface area (TPSA) is 59.6 Å². The maximum Gasteiger partial charge on any atom is 0.258 e. The lowest BCUT2D eigenvalue weighted by molar-refractivity contribution is -0.124. The van der Waals surface area contributed by atoms with Gasteiger partial charge in [-0.2, -0.15) is 0 Å². The van der Waals surface area contributed by atoms with Crippen molar-refractivity contribution < 1.29 is 14.3 Å². The number of ether oxygens (including phenoxy) is 2. The average molecular weight is 407 g/mol. The Labute approximate surface area is 174 Å². The van der Waals surface area contributed by atoms with Crippen molar-refractivity contribution in [1.82, 2.24) is 10.6 Å². The van der Waals surface area contributed by atoms with E-state index in [0.717, 1.165) is 5.56 Å². The third-order valence-electron chi connectivity index (χ3n) is 4.04. The highest BCUT2D eigenvalue weighted by molar-refractivity contribution is 5.85.